The van der Waals surface area contributed by atoms with E-state index in [2.05, 4.69) is 0 Å². The molecule has 1 spiro atoms. The zero-order valence-electron chi connectivity index (χ0n) is 9.74. The fraction of sp³-hybridized carbons (Fsp3) is 0.0769. The van der Waals surface area contributed by atoms with Crippen LogP contribution in [0.5, 0.6) is 17.2 Å². The number of nitrogens with zero attached hydrogens (tertiary/aromatic N) is 1. The lowest BCUT2D eigenvalue weighted by Gasteiger charge is -2.15. The molecule has 0 atom stereocenters. The van der Waals surface area contributed by atoms with E-state index in [0.29, 0.717) is 0 Å². The molecule has 0 unspecified atom stereocenters. The molecule has 90 valence electrons. The maximum atomic E-state index is 5.94. The molecule has 0 aromatic heterocycles. The Morgan fingerprint density at radius 2 is 1.28 bits per heavy atom. The smallest absolute Gasteiger partial charge is 0.251 e. The SMILES string of the molecule is CN1c2ccccc2O[P+]12Oc1ccccc1O2. The van der Waals surface area contributed by atoms with Crippen molar-refractivity contribution in [3.63, 3.8) is 0 Å². The van der Waals surface area contributed by atoms with Gasteiger partial charge in [0.05, 0.1) is 7.05 Å². The van der Waals surface area contributed by atoms with Crippen LogP contribution in [0.3, 0.4) is 0 Å². The Bertz CT molecular complexity index is 601. The van der Waals surface area contributed by atoms with Crippen LogP contribution < -0.4 is 18.2 Å². The summed E-state index contributed by atoms with van der Waals surface area (Å²) < 4.78 is 19.8. The zero-order valence-corrected chi connectivity index (χ0v) is 10.6. The number of anilines is 1. The Balaban J connectivity index is 1.78. The van der Waals surface area contributed by atoms with Crippen LogP contribution in [0.2, 0.25) is 0 Å². The summed E-state index contributed by atoms with van der Waals surface area (Å²) in [4.78, 5) is 0. The van der Waals surface area contributed by atoms with Crippen LogP contribution >= 0.6 is 8.09 Å². The maximum Gasteiger partial charge on any atom is 0.669 e. The first-order valence-electron chi connectivity index (χ1n) is 5.69. The third-order valence-electron chi connectivity index (χ3n) is 3.07. The average Bonchev–Trinajstić information content (AvgIpc) is 2.89. The number of hydrogen-bond acceptors (Lipinski definition) is 4. The van der Waals surface area contributed by atoms with Gasteiger partial charge in [0.1, 0.15) is 5.69 Å². The summed E-state index contributed by atoms with van der Waals surface area (Å²) in [6, 6.07) is 15.5. The van der Waals surface area contributed by atoms with E-state index in [1.165, 1.54) is 0 Å². The standard InChI is InChI=1S/C13H11NO3P/c1-14-10-6-2-3-7-11(10)15-18(14)16-12-8-4-5-9-13(12)17-18/h2-9H,1H3/q+1. The Morgan fingerprint density at radius 1 is 0.778 bits per heavy atom. The van der Waals surface area contributed by atoms with Gasteiger partial charge < -0.3 is 0 Å². The molecule has 2 aliphatic rings. The van der Waals surface area contributed by atoms with Crippen molar-refractivity contribution in [2.75, 3.05) is 11.7 Å². The van der Waals surface area contributed by atoms with Crippen molar-refractivity contribution in [3.8, 4) is 17.2 Å². The van der Waals surface area contributed by atoms with Gasteiger partial charge in [0.15, 0.2) is 0 Å². The van der Waals surface area contributed by atoms with Crippen molar-refractivity contribution in [3.05, 3.63) is 48.5 Å². The monoisotopic (exact) mass is 260 g/mol. The summed E-state index contributed by atoms with van der Waals surface area (Å²) in [7, 11) is -0.583. The van der Waals surface area contributed by atoms with Gasteiger partial charge in [0.2, 0.25) is 17.2 Å². The van der Waals surface area contributed by atoms with Crippen molar-refractivity contribution in [1.82, 2.24) is 0 Å². The summed E-state index contributed by atoms with van der Waals surface area (Å²) in [5.74, 6) is 2.29. The average molecular weight is 260 g/mol. The van der Waals surface area contributed by atoms with E-state index in [9.17, 15) is 0 Å². The Morgan fingerprint density at radius 3 is 1.89 bits per heavy atom. The number of para-hydroxylation sites is 4. The first-order valence-corrected chi connectivity index (χ1v) is 7.18. The molecule has 0 radical (unpaired) electrons. The molecule has 0 bridgehead atoms. The summed E-state index contributed by atoms with van der Waals surface area (Å²) in [5, 5.41) is 0. The van der Waals surface area contributed by atoms with E-state index in [-0.39, 0.29) is 0 Å². The normalized spacial score (nSPS) is 17.7. The highest BCUT2D eigenvalue weighted by molar-refractivity contribution is 7.65. The van der Waals surface area contributed by atoms with E-state index < -0.39 is 8.09 Å². The number of benzene rings is 2. The molecule has 2 aromatic carbocycles. The molecule has 0 N–H and O–H groups in total. The van der Waals surface area contributed by atoms with Gasteiger partial charge in [0, 0.05) is 0 Å². The van der Waals surface area contributed by atoms with Gasteiger partial charge >= 0.3 is 8.09 Å². The van der Waals surface area contributed by atoms with E-state index in [1.807, 2.05) is 60.2 Å². The minimum absolute atomic E-state index is 0.741. The van der Waals surface area contributed by atoms with Gasteiger partial charge in [-0.3, -0.25) is 4.52 Å². The second-order valence-electron chi connectivity index (χ2n) is 4.18. The highest BCUT2D eigenvalue weighted by Crippen LogP contribution is 2.74. The predicted molar refractivity (Wildman–Crippen MR) is 70.1 cm³/mol. The second-order valence-corrected chi connectivity index (χ2v) is 6.27. The minimum Gasteiger partial charge on any atom is -0.251 e. The molecule has 18 heavy (non-hydrogen) atoms. The topological polar surface area (TPSA) is 30.9 Å². The van der Waals surface area contributed by atoms with E-state index in [1.54, 1.807) is 0 Å². The van der Waals surface area contributed by atoms with Crippen LogP contribution in [0.25, 0.3) is 0 Å². The summed E-state index contributed by atoms with van der Waals surface area (Å²) in [5.41, 5.74) is 0.999. The van der Waals surface area contributed by atoms with E-state index >= 15 is 0 Å². The van der Waals surface area contributed by atoms with Crippen molar-refractivity contribution in [2.24, 2.45) is 0 Å². The van der Waals surface area contributed by atoms with Gasteiger partial charge in [-0.25, -0.2) is 9.05 Å². The first kappa shape index (κ1) is 10.0. The molecular weight excluding hydrogens is 249 g/mol. The van der Waals surface area contributed by atoms with Crippen LogP contribution in [0.4, 0.5) is 5.69 Å². The fourth-order valence-electron chi connectivity index (χ4n) is 2.15. The zero-order chi connectivity index (χ0) is 12.2. The highest BCUT2D eigenvalue weighted by Gasteiger charge is 2.66. The summed E-state index contributed by atoms with van der Waals surface area (Å²) in [6.07, 6.45) is 0. The third kappa shape index (κ3) is 1.18. The van der Waals surface area contributed by atoms with Crippen LogP contribution in [0, 0.1) is 0 Å². The van der Waals surface area contributed by atoms with Crippen molar-refractivity contribution < 1.29 is 13.6 Å². The van der Waals surface area contributed by atoms with Gasteiger partial charge in [-0.05, 0) is 24.3 Å². The number of fused-ring (bicyclic) bond motifs is 2. The lowest BCUT2D eigenvalue weighted by Crippen LogP contribution is -2.22. The minimum atomic E-state index is -2.52. The first-order chi connectivity index (χ1) is 8.78. The van der Waals surface area contributed by atoms with Gasteiger partial charge in [-0.1, -0.05) is 24.3 Å². The third-order valence-corrected chi connectivity index (χ3v) is 5.30. The lowest BCUT2D eigenvalue weighted by molar-refractivity contribution is 0.412. The van der Waals surface area contributed by atoms with Crippen molar-refractivity contribution in [1.29, 1.82) is 0 Å². The van der Waals surface area contributed by atoms with Crippen molar-refractivity contribution in [2.45, 2.75) is 0 Å². The predicted octanol–water partition coefficient (Wildman–Crippen LogP) is 3.66. The lowest BCUT2D eigenvalue weighted by atomic mass is 10.3. The molecule has 4 rings (SSSR count). The fourth-order valence-corrected chi connectivity index (χ4v) is 4.26. The Labute approximate surface area is 105 Å². The molecule has 0 saturated carbocycles. The van der Waals surface area contributed by atoms with Crippen LogP contribution in [-0.4, -0.2) is 7.05 Å². The number of hydrogen-bond donors (Lipinski definition) is 0. The van der Waals surface area contributed by atoms with Crippen molar-refractivity contribution >= 4 is 13.8 Å². The van der Waals surface area contributed by atoms with E-state index in [0.717, 1.165) is 22.9 Å². The highest BCUT2D eigenvalue weighted by atomic mass is 31.2. The van der Waals surface area contributed by atoms with Gasteiger partial charge in [-0.2, -0.15) is 0 Å². The molecule has 5 heteroatoms. The molecule has 0 saturated heterocycles. The molecule has 4 nitrogen and oxygen atoms in total. The molecule has 2 aliphatic heterocycles. The number of rotatable bonds is 0. The Hall–Kier alpha value is -1.93. The summed E-state index contributed by atoms with van der Waals surface area (Å²) in [6.45, 7) is 0. The van der Waals surface area contributed by atoms with Crippen LogP contribution in [0.1, 0.15) is 0 Å². The van der Waals surface area contributed by atoms with E-state index in [4.69, 9.17) is 13.6 Å². The molecule has 0 fully saturated rings. The summed E-state index contributed by atoms with van der Waals surface area (Å²) >= 11 is 0. The van der Waals surface area contributed by atoms with Crippen LogP contribution in [-0.2, 0) is 0 Å². The molecule has 0 amide bonds. The van der Waals surface area contributed by atoms with Crippen LogP contribution in [0.15, 0.2) is 48.5 Å². The van der Waals surface area contributed by atoms with Gasteiger partial charge in [-0.15, -0.1) is 4.67 Å². The second kappa shape index (κ2) is 3.30. The molecular formula is C13H11NO3P+. The largest absolute Gasteiger partial charge is 0.669 e. The molecule has 2 aromatic rings. The Kier molecular flexibility index (Phi) is 1.84. The molecule has 2 heterocycles. The molecule has 0 aliphatic carbocycles. The maximum absolute atomic E-state index is 5.94. The quantitative estimate of drug-likeness (QED) is 0.676. The van der Waals surface area contributed by atoms with Gasteiger partial charge in [0.25, 0.3) is 0 Å².